The minimum atomic E-state index is -4.64. The lowest BCUT2D eigenvalue weighted by atomic mass is 11.2. The third-order valence-corrected chi connectivity index (χ3v) is 9.66. The molecule has 0 aliphatic carbocycles. The van der Waals surface area contributed by atoms with E-state index in [1.54, 1.807) is 0 Å². The minimum absolute atomic E-state index is 0.238. The van der Waals surface area contributed by atoms with Crippen molar-refractivity contribution in [3.05, 3.63) is 0 Å². The maximum atomic E-state index is 8.88. The van der Waals surface area contributed by atoms with Gasteiger partial charge in [-0.2, -0.15) is 0 Å². The van der Waals surface area contributed by atoms with Crippen molar-refractivity contribution in [2.45, 2.75) is 0 Å². The molecule has 35 heavy (non-hydrogen) atoms. The van der Waals surface area contributed by atoms with Crippen molar-refractivity contribution in [3.63, 3.8) is 0 Å². The van der Waals surface area contributed by atoms with E-state index in [4.69, 9.17) is 19.2 Å². The Bertz CT molecular complexity index is 416. The zero-order chi connectivity index (χ0) is 29.4. The summed E-state index contributed by atoms with van der Waals surface area (Å²) < 4.78 is 29.0. The number of hydrogen-bond acceptors (Lipinski definition) is 10. The number of hydrogen-bond donors (Lipinski definition) is 3. The fourth-order valence-corrected chi connectivity index (χ4v) is 9.66. The van der Waals surface area contributed by atoms with Crippen LogP contribution in [0.15, 0.2) is 0 Å². The molecule has 0 aromatic carbocycles. The Morgan fingerprint density at radius 3 is 0.400 bits per heavy atom. The molecule has 17 heteroatoms. The van der Waals surface area contributed by atoms with Crippen LogP contribution in [0.2, 0.25) is 0 Å². The van der Waals surface area contributed by atoms with Gasteiger partial charge in [-0.15, -0.1) is 0 Å². The number of nitrogens with zero attached hydrogens (tertiary/aromatic N) is 9. The summed E-state index contributed by atoms with van der Waals surface area (Å²) in [6.07, 6.45) is 0. The van der Waals surface area contributed by atoms with Gasteiger partial charge in [-0.1, -0.05) is 0 Å². The summed E-state index contributed by atoms with van der Waals surface area (Å²) in [6, 6.07) is 0. The highest BCUT2D eigenvalue weighted by atomic mass is 31.2. The summed E-state index contributed by atoms with van der Waals surface area (Å²) in [7, 11) is 32.5. The topological polar surface area (TPSA) is 107 Å². The quantitative estimate of drug-likeness (QED) is 0.342. The Balaban J connectivity index is -0.000000188. The fraction of sp³-hybridized carbons (Fsp3) is 1.00. The Labute approximate surface area is 221 Å². The molecule has 0 spiro atoms. The molecule has 3 N–H and O–H groups in total. The molecule has 218 valence electrons. The maximum Gasteiger partial charge on any atom is 0.466 e. The molecule has 0 radical (unpaired) electrons. The first-order valence-corrected chi connectivity index (χ1v) is 15.8. The van der Waals surface area contributed by atoms with Gasteiger partial charge < -0.3 is 14.7 Å². The van der Waals surface area contributed by atoms with Gasteiger partial charge in [0.15, 0.2) is 0 Å². The average Bonchev–Trinajstić information content (AvgIpc) is 2.49. The van der Waals surface area contributed by atoms with E-state index in [1.165, 1.54) is 0 Å². The lowest BCUT2D eigenvalue weighted by Gasteiger charge is -2.34. The van der Waals surface area contributed by atoms with Crippen LogP contribution in [-0.4, -0.2) is 184 Å². The zero-order valence-corrected chi connectivity index (χ0v) is 29.1. The molecule has 0 amide bonds. The Kier molecular flexibility index (Phi) is 27.0. The van der Waals surface area contributed by atoms with Crippen LogP contribution < -0.4 is 0 Å². The van der Waals surface area contributed by atoms with Gasteiger partial charge >= 0.3 is 7.82 Å². The highest BCUT2D eigenvalue weighted by molar-refractivity contribution is 7.50. The van der Waals surface area contributed by atoms with E-state index in [1.807, 2.05) is 0 Å². The first kappa shape index (κ1) is 43.1. The van der Waals surface area contributed by atoms with Crippen molar-refractivity contribution in [1.82, 2.24) is 42.0 Å². The molecule has 0 aromatic heterocycles. The van der Waals surface area contributed by atoms with Gasteiger partial charge in [-0.05, 0) is 127 Å². The molecule has 0 saturated carbocycles. The van der Waals surface area contributed by atoms with Gasteiger partial charge in [0, 0.05) is 0 Å². The molecule has 0 fully saturated rings. The summed E-state index contributed by atoms with van der Waals surface area (Å²) in [4.78, 5) is 21.6. The molecule has 13 nitrogen and oxygen atoms in total. The van der Waals surface area contributed by atoms with E-state index >= 15 is 0 Å². The molecule has 0 rings (SSSR count). The third-order valence-electron chi connectivity index (χ3n) is 3.22. The molecule has 0 unspecified atom stereocenters. The molecule has 0 aromatic rings. The predicted octanol–water partition coefficient (Wildman–Crippen LogP) is 1.77. The normalized spacial score (nSPS) is 12.5. The lowest BCUT2D eigenvalue weighted by Crippen LogP contribution is -2.25. The molecular formula is C18H57N9O4P4. The lowest BCUT2D eigenvalue weighted by molar-refractivity contribution is 0.275. The zero-order valence-electron chi connectivity index (χ0n) is 25.6. The Morgan fingerprint density at radius 2 is 0.400 bits per heavy atom. The van der Waals surface area contributed by atoms with Crippen molar-refractivity contribution < 1.29 is 19.2 Å². The first-order valence-electron chi connectivity index (χ1n) is 10.6. The van der Waals surface area contributed by atoms with Crippen molar-refractivity contribution in [2.24, 2.45) is 0 Å². The van der Waals surface area contributed by atoms with Crippen LogP contribution in [0.1, 0.15) is 0 Å². The molecule has 0 saturated heterocycles. The van der Waals surface area contributed by atoms with Crippen LogP contribution in [0.25, 0.3) is 0 Å². The molecule has 0 bridgehead atoms. The highest BCUT2D eigenvalue weighted by Crippen LogP contribution is 2.42. The van der Waals surface area contributed by atoms with Crippen molar-refractivity contribution in [3.8, 4) is 0 Å². The summed E-state index contributed by atoms with van der Waals surface area (Å²) >= 11 is 0. The van der Waals surface area contributed by atoms with E-state index < -0.39 is 7.82 Å². The average molecular weight is 588 g/mol. The van der Waals surface area contributed by atoms with Gasteiger partial charge in [0.1, 0.15) is 25.1 Å². The van der Waals surface area contributed by atoms with E-state index in [2.05, 4.69) is 169 Å². The summed E-state index contributed by atoms with van der Waals surface area (Å²) in [5.74, 6) is 0. The molecular weight excluding hydrogens is 530 g/mol. The maximum absolute atomic E-state index is 8.88. The number of phosphoric acid groups is 1. The van der Waals surface area contributed by atoms with Crippen LogP contribution in [0.4, 0.5) is 0 Å². The van der Waals surface area contributed by atoms with E-state index in [9.17, 15) is 0 Å². The first-order chi connectivity index (χ1) is 15.4. The van der Waals surface area contributed by atoms with Crippen LogP contribution in [0.3, 0.4) is 0 Å². The third kappa shape index (κ3) is 27.9. The van der Waals surface area contributed by atoms with Gasteiger partial charge in [-0.3, -0.25) is 42.0 Å². The van der Waals surface area contributed by atoms with Gasteiger partial charge in [-0.25, -0.2) is 4.57 Å². The predicted molar refractivity (Wildman–Crippen MR) is 158 cm³/mol. The summed E-state index contributed by atoms with van der Waals surface area (Å²) in [6.45, 7) is 0. The smallest absolute Gasteiger partial charge is 0.303 e. The summed E-state index contributed by atoms with van der Waals surface area (Å²) in [5, 5.41) is 0. The van der Waals surface area contributed by atoms with Gasteiger partial charge in [0.25, 0.3) is 0 Å². The molecule has 0 aliphatic heterocycles. The van der Waals surface area contributed by atoms with Crippen LogP contribution in [0, 0.1) is 0 Å². The van der Waals surface area contributed by atoms with E-state index in [-0.39, 0.29) is 25.1 Å². The Hall–Kier alpha value is 1.04. The minimum Gasteiger partial charge on any atom is -0.303 e. The van der Waals surface area contributed by atoms with Gasteiger partial charge in [0.05, 0.1) is 0 Å². The fourth-order valence-electron chi connectivity index (χ4n) is 3.22. The van der Waals surface area contributed by atoms with E-state index in [0.29, 0.717) is 0 Å². The van der Waals surface area contributed by atoms with Crippen LogP contribution in [-0.2, 0) is 4.57 Å². The second-order valence-corrected chi connectivity index (χ2v) is 18.8. The monoisotopic (exact) mass is 587 g/mol. The Morgan fingerprint density at radius 1 is 0.343 bits per heavy atom. The molecule has 0 atom stereocenters. The second-order valence-electron chi connectivity index (χ2n) is 8.94. The largest absolute Gasteiger partial charge is 0.466 e. The standard InChI is InChI=1S/3C6H18N3P.H3O4P/c3*1-7(2)10(8(3)4)9(5)6;1-5(2,3)4/h3*1-6H3;(H3,1,2,3,4). The molecule has 0 heterocycles. The van der Waals surface area contributed by atoms with Crippen molar-refractivity contribution in [2.75, 3.05) is 127 Å². The SMILES string of the molecule is CN(C)P(N(C)C)N(C)C.CN(C)P(N(C)C)N(C)C.CN(C)P(N(C)C)N(C)C.O=P(O)(O)O. The highest BCUT2D eigenvalue weighted by Gasteiger charge is 2.17. The van der Waals surface area contributed by atoms with Crippen LogP contribution >= 0.6 is 32.9 Å². The van der Waals surface area contributed by atoms with Crippen molar-refractivity contribution in [1.29, 1.82) is 0 Å². The van der Waals surface area contributed by atoms with Crippen molar-refractivity contribution >= 4 is 32.9 Å². The summed E-state index contributed by atoms with van der Waals surface area (Å²) in [5.41, 5.74) is 0. The molecule has 0 aliphatic rings. The van der Waals surface area contributed by atoms with Crippen LogP contribution in [0.5, 0.6) is 0 Å². The van der Waals surface area contributed by atoms with E-state index in [0.717, 1.165) is 0 Å². The van der Waals surface area contributed by atoms with Gasteiger partial charge in [0.2, 0.25) is 0 Å². The number of rotatable bonds is 9. The second kappa shape index (κ2) is 21.9.